The number of aryl methyl sites for hydroxylation is 1. The number of nitrogens with one attached hydrogen (secondary N) is 2. The molecule has 1 amide bonds. The molecule has 30 heavy (non-hydrogen) atoms. The van der Waals surface area contributed by atoms with Crippen molar-refractivity contribution in [1.82, 2.24) is 10.3 Å². The Morgan fingerprint density at radius 2 is 1.83 bits per heavy atom. The number of rotatable bonds is 8. The molecule has 2 aromatic rings. The second-order valence-electron chi connectivity index (χ2n) is 6.50. The number of carbonyl (C=O) groups is 4. The number of benzene rings is 1. The largest absolute Gasteiger partial charge is 0.462 e. The highest BCUT2D eigenvalue weighted by Crippen LogP contribution is 2.21. The predicted molar refractivity (Wildman–Crippen MR) is 105 cm³/mol. The van der Waals surface area contributed by atoms with Crippen LogP contribution in [0.2, 0.25) is 0 Å². The number of hydrogen-bond acceptors (Lipinski definition) is 6. The Bertz CT molecular complexity index is 982. The van der Waals surface area contributed by atoms with Gasteiger partial charge in [-0.05, 0) is 45.4 Å². The Morgan fingerprint density at radius 3 is 2.47 bits per heavy atom. The molecule has 2 N–H and O–H groups in total. The minimum Gasteiger partial charge on any atom is -0.462 e. The highest BCUT2D eigenvalue weighted by molar-refractivity contribution is 6.04. The first-order valence-electron chi connectivity index (χ1n) is 9.30. The average molecular weight is 418 g/mol. The van der Waals surface area contributed by atoms with Crippen molar-refractivity contribution in [1.29, 1.82) is 0 Å². The fraction of sp³-hybridized carbons (Fsp3) is 0.333. The Labute approximate surface area is 172 Å². The molecule has 0 fully saturated rings. The van der Waals surface area contributed by atoms with E-state index in [0.29, 0.717) is 11.3 Å². The van der Waals surface area contributed by atoms with E-state index in [0.717, 1.165) is 6.07 Å². The van der Waals surface area contributed by atoms with Gasteiger partial charge in [0.25, 0.3) is 5.91 Å². The lowest BCUT2D eigenvalue weighted by Crippen LogP contribution is -2.34. The van der Waals surface area contributed by atoms with Gasteiger partial charge in [-0.2, -0.15) is 0 Å². The van der Waals surface area contributed by atoms with Crippen molar-refractivity contribution >= 4 is 23.6 Å². The lowest BCUT2D eigenvalue weighted by Gasteiger charge is -2.13. The summed E-state index contributed by atoms with van der Waals surface area (Å²) in [5.74, 6) is -3.46. The van der Waals surface area contributed by atoms with Gasteiger partial charge in [-0.3, -0.25) is 14.4 Å². The summed E-state index contributed by atoms with van der Waals surface area (Å²) in [6.45, 7) is 5.92. The molecule has 0 unspecified atom stereocenters. The molecule has 9 heteroatoms. The summed E-state index contributed by atoms with van der Waals surface area (Å²) in [5.41, 5.74) is 1.04. The second-order valence-corrected chi connectivity index (χ2v) is 6.50. The second kappa shape index (κ2) is 9.82. The van der Waals surface area contributed by atoms with Crippen LogP contribution < -0.4 is 5.32 Å². The van der Waals surface area contributed by atoms with Gasteiger partial charge in [0.05, 0.1) is 23.4 Å². The summed E-state index contributed by atoms with van der Waals surface area (Å²) >= 11 is 0. The first kappa shape index (κ1) is 22.8. The van der Waals surface area contributed by atoms with Crippen molar-refractivity contribution in [3.8, 4) is 0 Å². The quantitative estimate of drug-likeness (QED) is 0.503. The summed E-state index contributed by atoms with van der Waals surface area (Å²) in [5, 5.41) is 2.24. The number of amides is 1. The molecule has 0 radical (unpaired) electrons. The molecule has 8 nitrogen and oxygen atoms in total. The molecule has 0 aliphatic rings. The maximum atomic E-state index is 13.6. The van der Waals surface area contributed by atoms with Crippen LogP contribution in [0.4, 0.5) is 4.39 Å². The van der Waals surface area contributed by atoms with Crippen molar-refractivity contribution in [2.75, 3.05) is 13.2 Å². The molecule has 0 bridgehead atoms. The standard InChI is InChI=1S/C21H23FN2O6/c1-5-29-21(28)17-11(2)18(24-12(17)3)19(26)13(4)30-16(25)10-23-20(27)14-8-6-7-9-15(14)22/h6-9,13,24H,5,10H2,1-4H3,(H,23,27)/t13-/m1/s1. The van der Waals surface area contributed by atoms with Crippen molar-refractivity contribution in [2.24, 2.45) is 0 Å². The number of ketones is 1. The van der Waals surface area contributed by atoms with E-state index in [4.69, 9.17) is 9.47 Å². The fourth-order valence-corrected chi connectivity index (χ4v) is 2.89. The minimum absolute atomic E-state index is 0.131. The van der Waals surface area contributed by atoms with E-state index in [-0.39, 0.29) is 23.4 Å². The topological polar surface area (TPSA) is 115 Å². The molecule has 0 saturated heterocycles. The molecule has 0 saturated carbocycles. The van der Waals surface area contributed by atoms with E-state index >= 15 is 0 Å². The average Bonchev–Trinajstić information content (AvgIpc) is 3.00. The zero-order valence-corrected chi connectivity index (χ0v) is 17.1. The summed E-state index contributed by atoms with van der Waals surface area (Å²) in [7, 11) is 0. The lowest BCUT2D eigenvalue weighted by molar-refractivity contribution is -0.145. The van der Waals surface area contributed by atoms with E-state index in [1.807, 2.05) is 0 Å². The highest BCUT2D eigenvalue weighted by atomic mass is 19.1. The van der Waals surface area contributed by atoms with Gasteiger partial charge in [-0.1, -0.05) is 12.1 Å². The van der Waals surface area contributed by atoms with Crippen LogP contribution >= 0.6 is 0 Å². The Morgan fingerprint density at radius 1 is 1.17 bits per heavy atom. The molecular weight excluding hydrogens is 395 g/mol. The number of H-pyrrole nitrogens is 1. The van der Waals surface area contributed by atoms with Crippen molar-refractivity contribution in [3.05, 3.63) is 58.2 Å². The third-order valence-corrected chi connectivity index (χ3v) is 4.35. The Balaban J connectivity index is 2.00. The number of aromatic amines is 1. The summed E-state index contributed by atoms with van der Waals surface area (Å²) in [6, 6.07) is 5.33. The third kappa shape index (κ3) is 5.11. The number of esters is 2. The van der Waals surface area contributed by atoms with E-state index in [2.05, 4.69) is 10.3 Å². The SMILES string of the molecule is CCOC(=O)c1c(C)[nH]c(C(=O)[C@@H](C)OC(=O)CNC(=O)c2ccccc2F)c1C. The van der Waals surface area contributed by atoms with Crippen molar-refractivity contribution in [3.63, 3.8) is 0 Å². The zero-order valence-electron chi connectivity index (χ0n) is 17.1. The van der Waals surface area contributed by atoms with Gasteiger partial charge >= 0.3 is 11.9 Å². The van der Waals surface area contributed by atoms with Gasteiger partial charge in [0, 0.05) is 5.69 Å². The number of halogens is 1. The molecule has 0 aliphatic heterocycles. The van der Waals surface area contributed by atoms with E-state index < -0.39 is 42.1 Å². The molecule has 1 atom stereocenters. The molecule has 160 valence electrons. The van der Waals surface area contributed by atoms with Crippen LogP contribution in [0.1, 0.15) is 56.3 Å². The van der Waals surface area contributed by atoms with Gasteiger partial charge in [0.1, 0.15) is 12.4 Å². The monoisotopic (exact) mass is 418 g/mol. The van der Waals surface area contributed by atoms with Crippen LogP contribution in [0.5, 0.6) is 0 Å². The Kier molecular flexibility index (Phi) is 7.46. The first-order valence-corrected chi connectivity index (χ1v) is 9.30. The zero-order chi connectivity index (χ0) is 22.4. The van der Waals surface area contributed by atoms with Gasteiger partial charge in [-0.25, -0.2) is 9.18 Å². The summed E-state index contributed by atoms with van der Waals surface area (Å²) in [4.78, 5) is 51.5. The van der Waals surface area contributed by atoms with Gasteiger partial charge in [-0.15, -0.1) is 0 Å². The van der Waals surface area contributed by atoms with Crippen LogP contribution in [-0.4, -0.2) is 47.9 Å². The predicted octanol–water partition coefficient (Wildman–Crippen LogP) is 2.49. The molecule has 2 rings (SSSR count). The number of carbonyl (C=O) groups excluding carboxylic acids is 4. The van der Waals surface area contributed by atoms with Crippen LogP contribution in [-0.2, 0) is 14.3 Å². The number of ether oxygens (including phenoxy) is 2. The molecule has 1 aromatic heterocycles. The number of aromatic nitrogens is 1. The van der Waals surface area contributed by atoms with Crippen molar-refractivity contribution < 1.29 is 33.0 Å². The highest BCUT2D eigenvalue weighted by Gasteiger charge is 2.27. The van der Waals surface area contributed by atoms with Crippen LogP contribution in [0, 0.1) is 19.7 Å². The minimum atomic E-state index is -1.17. The smallest absolute Gasteiger partial charge is 0.340 e. The van der Waals surface area contributed by atoms with Crippen molar-refractivity contribution in [2.45, 2.75) is 33.8 Å². The summed E-state index contributed by atoms with van der Waals surface area (Å²) < 4.78 is 23.6. The normalized spacial score (nSPS) is 11.5. The maximum absolute atomic E-state index is 13.6. The molecule has 0 spiro atoms. The maximum Gasteiger partial charge on any atom is 0.340 e. The number of Topliss-reactive ketones (excluding diaryl/α,β-unsaturated/α-hetero) is 1. The first-order chi connectivity index (χ1) is 14.2. The molecule has 1 aromatic carbocycles. The van der Waals surface area contributed by atoms with Crippen LogP contribution in [0.3, 0.4) is 0 Å². The third-order valence-electron chi connectivity index (χ3n) is 4.35. The van der Waals surface area contributed by atoms with E-state index in [1.54, 1.807) is 20.8 Å². The van der Waals surface area contributed by atoms with Gasteiger partial charge in [0.15, 0.2) is 6.10 Å². The van der Waals surface area contributed by atoms with Gasteiger partial charge < -0.3 is 19.8 Å². The van der Waals surface area contributed by atoms with Crippen LogP contribution in [0.25, 0.3) is 0 Å². The Hall–Kier alpha value is -3.49. The molecule has 1 heterocycles. The van der Waals surface area contributed by atoms with Gasteiger partial charge in [0.2, 0.25) is 5.78 Å². The lowest BCUT2D eigenvalue weighted by atomic mass is 10.1. The van der Waals surface area contributed by atoms with E-state index in [1.165, 1.54) is 25.1 Å². The molecule has 0 aliphatic carbocycles. The van der Waals surface area contributed by atoms with E-state index in [9.17, 15) is 23.6 Å². The number of hydrogen-bond donors (Lipinski definition) is 2. The van der Waals surface area contributed by atoms with Crippen LogP contribution in [0.15, 0.2) is 24.3 Å². The fourth-order valence-electron chi connectivity index (χ4n) is 2.89. The summed E-state index contributed by atoms with van der Waals surface area (Å²) in [6.07, 6.45) is -1.17. The molecular formula is C21H23FN2O6.